The Morgan fingerprint density at radius 3 is 2.75 bits per heavy atom. The average molecular weight is 119 g/mol. The van der Waals surface area contributed by atoms with Crippen molar-refractivity contribution in [2.75, 3.05) is 13.2 Å². The highest BCUT2D eigenvalue weighted by Gasteiger charge is 2.05. The van der Waals surface area contributed by atoms with Gasteiger partial charge in [-0.1, -0.05) is 0 Å². The highest BCUT2D eigenvalue weighted by atomic mass is 16.3. The fourth-order valence-electron chi connectivity index (χ4n) is 0.381. The Bertz CT molecular complexity index is 92.2. The van der Waals surface area contributed by atoms with E-state index in [0.29, 0.717) is 13.2 Å². The molecule has 0 unspecified atom stereocenters. The molecule has 0 radical (unpaired) electrons. The van der Waals surface area contributed by atoms with E-state index in [-0.39, 0.29) is 5.54 Å². The molecular weight excluding hydrogens is 102 g/mol. The lowest BCUT2D eigenvalue weighted by Crippen LogP contribution is -2.37. The lowest BCUT2D eigenvalue weighted by Gasteiger charge is -2.19. The van der Waals surface area contributed by atoms with Crippen molar-refractivity contribution in [1.29, 1.82) is 1.43 Å². The number of rotatable bonds is 3. The Labute approximate surface area is 53.9 Å². The fraction of sp³-hybridized carbons (Fsp3) is 1.00. The molecule has 0 fully saturated rings. The number of hydrogen-bond donors (Lipinski definition) is 2. The third-order valence-electron chi connectivity index (χ3n) is 0.677. The van der Waals surface area contributed by atoms with Gasteiger partial charge in [-0.3, -0.25) is 0 Å². The number of aliphatic hydroxyl groups is 1. The zero-order chi connectivity index (χ0) is 8.20. The lowest BCUT2D eigenvalue weighted by molar-refractivity contribution is 0.272. The predicted octanol–water partition coefficient (Wildman–Crippen LogP) is 0.367. The number of nitrogens with one attached hydrogen (secondary N) is 1. The van der Waals surface area contributed by atoms with Crippen LogP contribution in [0, 0.1) is 0 Å². The van der Waals surface area contributed by atoms with E-state index in [1.54, 1.807) is 0 Å². The SMILES string of the molecule is [2H]OCCN([2H])C(C)(C)C. The zero-order valence-electron chi connectivity index (χ0n) is 7.77. The number of β-amino-alcohol motifs (C(OH)–C–C–N with tert-alkyl or cyclic N) is 1. The van der Waals surface area contributed by atoms with Crippen LogP contribution in [0.1, 0.15) is 20.8 Å². The second kappa shape index (κ2) is 3.05. The summed E-state index contributed by atoms with van der Waals surface area (Å²) >= 11 is 0. The molecule has 0 spiro atoms. The first-order chi connectivity index (χ1) is 4.48. The minimum Gasteiger partial charge on any atom is -0.395 e. The number of aliphatic hydroxyl groups excluding tert-OH is 1. The van der Waals surface area contributed by atoms with Gasteiger partial charge in [-0.05, 0) is 20.8 Å². The normalized spacial score (nSPS) is 16.0. The summed E-state index contributed by atoms with van der Waals surface area (Å²) in [6.45, 7) is 6.62. The minimum atomic E-state index is -0.154. The molecule has 0 aromatic carbocycles. The third-order valence-corrected chi connectivity index (χ3v) is 0.677. The van der Waals surface area contributed by atoms with Gasteiger partial charge in [0, 0.05) is 12.1 Å². The second-order valence-corrected chi connectivity index (χ2v) is 2.76. The first-order valence-electron chi connectivity index (χ1n) is 3.68. The Balaban J connectivity index is 3.52. The van der Waals surface area contributed by atoms with Crippen molar-refractivity contribution >= 4 is 0 Å². The highest BCUT2D eigenvalue weighted by Crippen LogP contribution is 1.95. The molecule has 0 rings (SSSR count). The monoisotopic (exact) mass is 119 g/mol. The molecule has 0 aliphatic heterocycles. The van der Waals surface area contributed by atoms with Crippen LogP contribution in [0.15, 0.2) is 0 Å². The van der Waals surface area contributed by atoms with E-state index in [1.807, 2.05) is 20.8 Å². The van der Waals surface area contributed by atoms with E-state index < -0.39 is 0 Å². The summed E-state index contributed by atoms with van der Waals surface area (Å²) in [7, 11) is 0. The highest BCUT2D eigenvalue weighted by molar-refractivity contribution is 4.68. The predicted molar refractivity (Wildman–Crippen MR) is 34.8 cm³/mol. The quantitative estimate of drug-likeness (QED) is 0.562. The molecule has 0 aromatic heterocycles. The van der Waals surface area contributed by atoms with Crippen molar-refractivity contribution in [3.8, 4) is 0 Å². The lowest BCUT2D eigenvalue weighted by atomic mass is 10.1. The van der Waals surface area contributed by atoms with Crippen LogP contribution in [0.4, 0.5) is 0 Å². The number of hydrogen-bond acceptors (Lipinski definition) is 2. The maximum absolute atomic E-state index is 7.40. The molecule has 8 heavy (non-hydrogen) atoms. The van der Waals surface area contributed by atoms with Gasteiger partial charge in [-0.15, -0.1) is 0 Å². The Hall–Kier alpha value is -0.0800. The molecule has 50 valence electrons. The fourth-order valence-corrected chi connectivity index (χ4v) is 0.381. The standard InChI is InChI=1S/C6H15NO/c1-6(2,3)7-4-5-8/h7-8H,4-5H2,1-3H3/i8D/hD. The second-order valence-electron chi connectivity index (χ2n) is 2.76. The molecular formula is C6H15NO. The first-order valence-corrected chi connectivity index (χ1v) is 2.83. The van der Waals surface area contributed by atoms with Crippen LogP contribution in [-0.4, -0.2) is 25.2 Å². The van der Waals surface area contributed by atoms with Gasteiger partial charge >= 0.3 is 0 Å². The summed E-state index contributed by atoms with van der Waals surface area (Å²) in [5.74, 6) is 0. The summed E-state index contributed by atoms with van der Waals surface area (Å²) in [4.78, 5) is 0. The molecule has 2 heteroatoms. The Morgan fingerprint density at radius 2 is 2.38 bits per heavy atom. The third kappa shape index (κ3) is 5.92. The summed E-state index contributed by atoms with van der Waals surface area (Å²) in [5.41, 5.74) is -0.154. The van der Waals surface area contributed by atoms with Crippen LogP contribution >= 0.6 is 0 Å². The molecule has 0 saturated heterocycles. The molecule has 0 saturated carbocycles. The van der Waals surface area contributed by atoms with Crippen molar-refractivity contribution in [2.24, 2.45) is 0 Å². The van der Waals surface area contributed by atoms with Crippen molar-refractivity contribution in [1.82, 2.24) is 5.31 Å². The molecule has 0 aromatic rings. The van der Waals surface area contributed by atoms with E-state index in [4.69, 9.17) is 2.84 Å². The van der Waals surface area contributed by atoms with Gasteiger partial charge in [-0.25, -0.2) is 0 Å². The van der Waals surface area contributed by atoms with Crippen molar-refractivity contribution in [3.63, 3.8) is 0 Å². The topological polar surface area (TPSA) is 32.3 Å². The van der Waals surface area contributed by atoms with Gasteiger partial charge in [0.1, 0.15) is 1.41 Å². The van der Waals surface area contributed by atoms with Crippen LogP contribution < -0.4 is 5.31 Å². The maximum Gasteiger partial charge on any atom is 0.210 e. The molecule has 0 amide bonds. The van der Waals surface area contributed by atoms with Gasteiger partial charge in [0.25, 0.3) is 0 Å². The van der Waals surface area contributed by atoms with Gasteiger partial charge in [0.05, 0.1) is 6.61 Å². The van der Waals surface area contributed by atoms with Gasteiger partial charge in [-0.2, -0.15) is 0 Å². The molecule has 2 nitrogen and oxygen atoms in total. The molecule has 2 N–H and O–H groups in total. The van der Waals surface area contributed by atoms with Gasteiger partial charge in [0.15, 0.2) is 0 Å². The molecule has 0 bridgehead atoms. The first kappa shape index (κ1) is 4.77. The molecule has 0 atom stereocenters. The summed E-state index contributed by atoms with van der Waals surface area (Å²) in [6, 6.07) is 0. The summed E-state index contributed by atoms with van der Waals surface area (Å²) in [5, 5.41) is 5.50. The van der Waals surface area contributed by atoms with Gasteiger partial charge < -0.3 is 10.4 Å². The van der Waals surface area contributed by atoms with Crippen LogP contribution in [0.5, 0.6) is 0 Å². The largest absolute Gasteiger partial charge is 0.395 e. The van der Waals surface area contributed by atoms with Crippen LogP contribution in [0.3, 0.4) is 0 Å². The maximum atomic E-state index is 7.40. The molecule has 0 aliphatic rings. The van der Waals surface area contributed by atoms with Gasteiger partial charge in [0.2, 0.25) is 1.43 Å². The van der Waals surface area contributed by atoms with E-state index >= 15 is 0 Å². The molecule has 0 heterocycles. The average Bonchev–Trinajstić information content (AvgIpc) is 1.80. The van der Waals surface area contributed by atoms with E-state index in [2.05, 4.69) is 5.11 Å². The summed E-state index contributed by atoms with van der Waals surface area (Å²) in [6.07, 6.45) is 0. The van der Waals surface area contributed by atoms with E-state index in [1.165, 1.54) is 5.31 Å². The van der Waals surface area contributed by atoms with E-state index in [0.717, 1.165) is 0 Å². The van der Waals surface area contributed by atoms with E-state index in [9.17, 15) is 0 Å². The van der Waals surface area contributed by atoms with Crippen molar-refractivity contribution in [3.05, 3.63) is 0 Å². The van der Waals surface area contributed by atoms with Crippen molar-refractivity contribution < 1.29 is 6.52 Å². The minimum absolute atomic E-state index is 0.154. The smallest absolute Gasteiger partial charge is 0.210 e. The zero-order valence-corrected chi connectivity index (χ0v) is 5.77. The van der Waals surface area contributed by atoms with Crippen molar-refractivity contribution in [2.45, 2.75) is 26.3 Å². The molecule has 0 aliphatic carbocycles. The van der Waals surface area contributed by atoms with Crippen LogP contribution in [0.2, 0.25) is 1.41 Å². The Morgan fingerprint density at radius 1 is 1.75 bits per heavy atom. The van der Waals surface area contributed by atoms with Crippen LogP contribution in [-0.2, 0) is 0 Å². The Kier molecular flexibility index (Phi) is 1.82. The summed E-state index contributed by atoms with van der Waals surface area (Å²) < 4.78 is 13.8. The van der Waals surface area contributed by atoms with Crippen LogP contribution in [0.25, 0.3) is 0 Å².